The lowest BCUT2D eigenvalue weighted by Crippen LogP contribution is -1.87. The topological polar surface area (TPSA) is 20.2 Å². The Morgan fingerprint density at radius 3 is 2.44 bits per heavy atom. The van der Waals surface area contributed by atoms with Gasteiger partial charge >= 0.3 is 0 Å². The quantitative estimate of drug-likeness (QED) is 0.609. The second-order valence-electron chi connectivity index (χ2n) is 1.65. The highest BCUT2D eigenvalue weighted by Gasteiger charge is 1.92. The normalized spacial score (nSPS) is 12.8. The molecule has 2 heteroatoms. The predicted molar refractivity (Wildman–Crippen MR) is 43.5 cm³/mol. The second-order valence-corrected chi connectivity index (χ2v) is 2.67. The Morgan fingerprint density at radius 1 is 1.78 bits per heavy atom. The fourth-order valence-electron chi connectivity index (χ4n) is 0.451. The summed E-state index contributed by atoms with van der Waals surface area (Å²) in [5.74, 6) is 0. The van der Waals surface area contributed by atoms with Crippen molar-refractivity contribution in [2.45, 2.75) is 6.92 Å². The van der Waals surface area contributed by atoms with Crippen LogP contribution in [0, 0.1) is 0 Å². The molecule has 0 rings (SSSR count). The molecule has 0 saturated heterocycles. The van der Waals surface area contributed by atoms with Crippen molar-refractivity contribution in [2.75, 3.05) is 12.9 Å². The largest absolute Gasteiger partial charge is 0.392 e. The highest BCUT2D eigenvalue weighted by atomic mass is 32.2. The summed E-state index contributed by atoms with van der Waals surface area (Å²) in [5.41, 5.74) is 0.919. The van der Waals surface area contributed by atoms with Crippen LogP contribution in [0.4, 0.5) is 0 Å². The van der Waals surface area contributed by atoms with E-state index in [0.29, 0.717) is 0 Å². The molecule has 1 nitrogen and oxygen atoms in total. The van der Waals surface area contributed by atoms with Crippen LogP contribution < -0.4 is 0 Å². The molecule has 9 heavy (non-hydrogen) atoms. The van der Waals surface area contributed by atoms with Crippen LogP contribution in [0.25, 0.3) is 0 Å². The van der Waals surface area contributed by atoms with Gasteiger partial charge in [-0.1, -0.05) is 12.7 Å². The molecule has 0 aromatic carbocycles. The van der Waals surface area contributed by atoms with Crippen LogP contribution in [0.3, 0.4) is 0 Å². The minimum Gasteiger partial charge on any atom is -0.392 e. The monoisotopic (exact) mass is 144 g/mol. The van der Waals surface area contributed by atoms with Gasteiger partial charge in [0.25, 0.3) is 0 Å². The summed E-state index contributed by atoms with van der Waals surface area (Å²) >= 11 is 1.63. The van der Waals surface area contributed by atoms with Crippen LogP contribution in [-0.4, -0.2) is 18.0 Å². The molecule has 0 atom stereocenters. The van der Waals surface area contributed by atoms with Crippen LogP contribution in [0.1, 0.15) is 6.92 Å². The number of hydrogen-bond acceptors (Lipinski definition) is 2. The molecule has 0 aromatic heterocycles. The van der Waals surface area contributed by atoms with Gasteiger partial charge in [0.1, 0.15) is 0 Å². The average molecular weight is 144 g/mol. The summed E-state index contributed by atoms with van der Waals surface area (Å²) in [6.07, 6.45) is 3.67. The van der Waals surface area contributed by atoms with E-state index in [9.17, 15) is 0 Å². The zero-order chi connectivity index (χ0) is 7.28. The lowest BCUT2D eigenvalue weighted by atomic mass is 10.3. The Kier molecular flexibility index (Phi) is 4.54. The number of allylic oxidation sites excluding steroid dienone is 1. The average Bonchev–Trinajstić information content (AvgIpc) is 1.90. The molecule has 0 aliphatic carbocycles. The maximum atomic E-state index is 8.69. The van der Waals surface area contributed by atoms with Crippen LogP contribution in [0.2, 0.25) is 0 Å². The summed E-state index contributed by atoms with van der Waals surface area (Å²) in [4.78, 5) is 1.13. The highest BCUT2D eigenvalue weighted by Crippen LogP contribution is 2.15. The third-order valence-electron chi connectivity index (χ3n) is 1.18. The fourth-order valence-corrected chi connectivity index (χ4v) is 0.861. The van der Waals surface area contributed by atoms with E-state index in [4.69, 9.17) is 5.11 Å². The van der Waals surface area contributed by atoms with Gasteiger partial charge in [-0.05, 0) is 23.7 Å². The maximum absolute atomic E-state index is 8.69. The van der Waals surface area contributed by atoms with Crippen molar-refractivity contribution < 1.29 is 5.11 Å². The Labute approximate surface area is 60.5 Å². The Balaban J connectivity index is 4.18. The molecule has 0 radical (unpaired) electrons. The molecule has 0 heterocycles. The van der Waals surface area contributed by atoms with Gasteiger partial charge in [-0.2, -0.15) is 0 Å². The van der Waals surface area contributed by atoms with Gasteiger partial charge in [-0.15, -0.1) is 11.8 Å². The first-order chi connectivity index (χ1) is 4.26. The lowest BCUT2D eigenvalue weighted by molar-refractivity contribution is 0.334. The van der Waals surface area contributed by atoms with E-state index in [-0.39, 0.29) is 6.61 Å². The van der Waals surface area contributed by atoms with E-state index >= 15 is 0 Å². The molecule has 0 unspecified atom stereocenters. The zero-order valence-electron chi connectivity index (χ0n) is 5.85. The minimum atomic E-state index is 0.0934. The van der Waals surface area contributed by atoms with Crippen molar-refractivity contribution in [1.82, 2.24) is 0 Å². The first-order valence-electron chi connectivity index (χ1n) is 2.73. The molecule has 1 N–H and O–H groups in total. The molecule has 0 aliphatic rings. The van der Waals surface area contributed by atoms with E-state index in [1.807, 2.05) is 13.2 Å². The minimum absolute atomic E-state index is 0.0934. The summed E-state index contributed by atoms with van der Waals surface area (Å²) < 4.78 is 0. The number of rotatable bonds is 3. The summed E-state index contributed by atoms with van der Waals surface area (Å²) in [6, 6.07) is 0. The van der Waals surface area contributed by atoms with E-state index in [0.717, 1.165) is 10.5 Å². The zero-order valence-corrected chi connectivity index (χ0v) is 6.66. The first kappa shape index (κ1) is 8.79. The van der Waals surface area contributed by atoms with Crippen LogP contribution in [0.15, 0.2) is 23.1 Å². The van der Waals surface area contributed by atoms with Gasteiger partial charge in [0.2, 0.25) is 0 Å². The van der Waals surface area contributed by atoms with Crippen molar-refractivity contribution in [3.8, 4) is 0 Å². The Bertz CT molecular complexity index is 127. The fraction of sp³-hybridized carbons (Fsp3) is 0.429. The standard InChI is InChI=1S/C7H12OS/c1-4-7(5-8)6(2)9-3/h4,8H,1,5H2,2-3H3/b7-6+. The summed E-state index contributed by atoms with van der Waals surface area (Å²) in [5, 5.41) is 8.69. The van der Waals surface area contributed by atoms with Crippen molar-refractivity contribution in [2.24, 2.45) is 0 Å². The third-order valence-corrected chi connectivity index (χ3v) is 2.05. The number of thioether (sulfide) groups is 1. The van der Waals surface area contributed by atoms with Gasteiger partial charge in [-0.25, -0.2) is 0 Å². The van der Waals surface area contributed by atoms with Gasteiger partial charge in [0.05, 0.1) is 6.61 Å². The molecule has 0 spiro atoms. The lowest BCUT2D eigenvalue weighted by Gasteiger charge is -1.99. The van der Waals surface area contributed by atoms with Crippen molar-refractivity contribution in [3.05, 3.63) is 23.1 Å². The van der Waals surface area contributed by atoms with Crippen molar-refractivity contribution in [3.63, 3.8) is 0 Å². The smallest absolute Gasteiger partial charge is 0.0689 e. The summed E-state index contributed by atoms with van der Waals surface area (Å²) in [6.45, 7) is 5.63. The van der Waals surface area contributed by atoms with E-state index in [1.165, 1.54) is 0 Å². The number of aliphatic hydroxyl groups is 1. The van der Waals surface area contributed by atoms with Crippen LogP contribution in [-0.2, 0) is 0 Å². The first-order valence-corrected chi connectivity index (χ1v) is 3.95. The van der Waals surface area contributed by atoms with Crippen LogP contribution in [0.5, 0.6) is 0 Å². The van der Waals surface area contributed by atoms with Gasteiger partial charge in [-0.3, -0.25) is 0 Å². The highest BCUT2D eigenvalue weighted by molar-refractivity contribution is 8.02. The SMILES string of the molecule is C=C/C(CO)=C(/C)SC. The predicted octanol–water partition coefficient (Wildman–Crippen LogP) is 1.80. The second kappa shape index (κ2) is 4.65. The van der Waals surface area contributed by atoms with Gasteiger partial charge < -0.3 is 5.11 Å². The van der Waals surface area contributed by atoms with E-state index < -0.39 is 0 Å². The maximum Gasteiger partial charge on any atom is 0.0689 e. The summed E-state index contributed by atoms with van der Waals surface area (Å²) in [7, 11) is 0. The Hall–Kier alpha value is -0.210. The molecular weight excluding hydrogens is 132 g/mol. The molecule has 0 bridgehead atoms. The van der Waals surface area contributed by atoms with E-state index in [1.54, 1.807) is 17.8 Å². The number of aliphatic hydroxyl groups excluding tert-OH is 1. The number of hydrogen-bond donors (Lipinski definition) is 1. The molecule has 0 aliphatic heterocycles. The Morgan fingerprint density at radius 2 is 2.33 bits per heavy atom. The molecular formula is C7H12OS. The van der Waals surface area contributed by atoms with Crippen molar-refractivity contribution in [1.29, 1.82) is 0 Å². The molecule has 52 valence electrons. The molecule has 0 saturated carbocycles. The molecule has 0 amide bonds. The van der Waals surface area contributed by atoms with Crippen LogP contribution >= 0.6 is 11.8 Å². The third kappa shape index (κ3) is 2.72. The van der Waals surface area contributed by atoms with E-state index in [2.05, 4.69) is 6.58 Å². The van der Waals surface area contributed by atoms with Gasteiger partial charge in [0.15, 0.2) is 0 Å². The van der Waals surface area contributed by atoms with Gasteiger partial charge in [0, 0.05) is 0 Å². The molecule has 0 fully saturated rings. The van der Waals surface area contributed by atoms with Crippen molar-refractivity contribution >= 4 is 11.8 Å². The molecule has 0 aromatic rings.